The van der Waals surface area contributed by atoms with Crippen LogP contribution in [0.2, 0.25) is 0 Å². The normalized spacial score (nSPS) is 10.9. The van der Waals surface area contributed by atoms with E-state index in [9.17, 15) is 4.79 Å². The van der Waals surface area contributed by atoms with E-state index in [1.165, 1.54) is 7.11 Å². The lowest BCUT2D eigenvalue weighted by Crippen LogP contribution is -1.96. The van der Waals surface area contributed by atoms with Crippen molar-refractivity contribution < 1.29 is 14.2 Å². The van der Waals surface area contributed by atoms with Gasteiger partial charge in [-0.15, -0.1) is 5.11 Å². The maximum atomic E-state index is 12.1. The molecule has 1 aromatic heterocycles. The minimum absolute atomic E-state index is 0.157. The van der Waals surface area contributed by atoms with Gasteiger partial charge in [-0.25, -0.2) is 0 Å². The summed E-state index contributed by atoms with van der Waals surface area (Å²) in [6, 6.07) is 12.4. The molecule has 0 spiro atoms. The largest absolute Gasteiger partial charge is 0.496 e. The lowest BCUT2D eigenvalue weighted by molar-refractivity contribution is 0.355. The first kappa shape index (κ1) is 17.3. The van der Waals surface area contributed by atoms with Gasteiger partial charge in [0.05, 0.1) is 32.7 Å². The van der Waals surface area contributed by atoms with Crippen molar-refractivity contribution in [2.75, 3.05) is 21.3 Å². The van der Waals surface area contributed by atoms with Crippen LogP contribution in [0.1, 0.15) is 0 Å². The Balaban J connectivity index is 2.00. The van der Waals surface area contributed by atoms with Crippen LogP contribution >= 0.6 is 0 Å². The zero-order valence-corrected chi connectivity index (χ0v) is 14.6. The maximum absolute atomic E-state index is 12.1. The van der Waals surface area contributed by atoms with Gasteiger partial charge in [0.2, 0.25) is 0 Å². The lowest BCUT2D eigenvalue weighted by atomic mass is 10.1. The van der Waals surface area contributed by atoms with Crippen molar-refractivity contribution in [2.45, 2.75) is 0 Å². The van der Waals surface area contributed by atoms with Gasteiger partial charge in [-0.2, -0.15) is 5.11 Å². The number of benzene rings is 2. The fraction of sp³-hybridized carbons (Fsp3) is 0.167. The molecule has 0 saturated heterocycles. The second-order valence-corrected chi connectivity index (χ2v) is 5.24. The number of para-hydroxylation sites is 1. The maximum Gasteiger partial charge on any atom is 0.292 e. The predicted molar refractivity (Wildman–Crippen MR) is 97.1 cm³/mol. The molecule has 0 aliphatic heterocycles. The summed E-state index contributed by atoms with van der Waals surface area (Å²) in [7, 11) is 4.65. The van der Waals surface area contributed by atoms with Crippen LogP contribution in [-0.2, 0) is 0 Å². The molecule has 3 rings (SSSR count). The van der Waals surface area contributed by atoms with Crippen LogP contribution in [0.3, 0.4) is 0 Å². The summed E-state index contributed by atoms with van der Waals surface area (Å²) in [5.74, 6) is 1.72. The topological polar surface area (TPSA) is 101 Å². The molecule has 3 aromatic rings. The van der Waals surface area contributed by atoms with Gasteiger partial charge >= 0.3 is 0 Å². The molecule has 8 nitrogen and oxygen atoms in total. The number of aromatic amines is 2. The smallest absolute Gasteiger partial charge is 0.292 e. The van der Waals surface area contributed by atoms with Gasteiger partial charge in [-0.1, -0.05) is 12.1 Å². The molecule has 0 saturated carbocycles. The highest BCUT2D eigenvalue weighted by Crippen LogP contribution is 2.35. The third-order valence-corrected chi connectivity index (χ3v) is 3.76. The van der Waals surface area contributed by atoms with E-state index in [1.54, 1.807) is 38.5 Å². The highest BCUT2D eigenvalue weighted by Gasteiger charge is 2.15. The number of aromatic nitrogens is 2. The quantitative estimate of drug-likeness (QED) is 0.657. The third-order valence-electron chi connectivity index (χ3n) is 3.76. The third kappa shape index (κ3) is 3.30. The molecular weight excluding hydrogens is 336 g/mol. The van der Waals surface area contributed by atoms with Gasteiger partial charge in [0.15, 0.2) is 17.2 Å². The molecule has 0 unspecified atom stereocenters. The Hall–Kier alpha value is -3.55. The minimum Gasteiger partial charge on any atom is -0.496 e. The Bertz CT molecular complexity index is 991. The molecule has 0 bridgehead atoms. The summed E-state index contributed by atoms with van der Waals surface area (Å²) in [6.07, 6.45) is 0. The van der Waals surface area contributed by atoms with Crippen molar-refractivity contribution >= 4 is 11.4 Å². The van der Waals surface area contributed by atoms with Gasteiger partial charge in [-0.3, -0.25) is 15.0 Å². The SMILES string of the molecule is COc1ccc(N=Nc2c(-c3ccccc3OC)[nH][nH]c2=O)cc1OC. The number of hydrogen-bond donors (Lipinski definition) is 2. The van der Waals surface area contributed by atoms with Crippen molar-refractivity contribution in [3.63, 3.8) is 0 Å². The van der Waals surface area contributed by atoms with E-state index in [-0.39, 0.29) is 11.2 Å². The fourth-order valence-corrected chi connectivity index (χ4v) is 2.49. The van der Waals surface area contributed by atoms with Gasteiger partial charge in [-0.05, 0) is 24.3 Å². The first-order valence-electron chi connectivity index (χ1n) is 7.75. The number of hydrogen-bond acceptors (Lipinski definition) is 6. The molecule has 26 heavy (non-hydrogen) atoms. The highest BCUT2D eigenvalue weighted by atomic mass is 16.5. The predicted octanol–water partition coefficient (Wildman–Crippen LogP) is 3.81. The zero-order valence-electron chi connectivity index (χ0n) is 14.6. The molecule has 0 aliphatic rings. The van der Waals surface area contributed by atoms with Crippen molar-refractivity contribution in [3.8, 4) is 28.5 Å². The summed E-state index contributed by atoms with van der Waals surface area (Å²) in [5.41, 5.74) is 1.50. The lowest BCUT2D eigenvalue weighted by Gasteiger charge is -2.07. The Labute approximate surface area is 149 Å². The number of nitrogens with zero attached hydrogens (tertiary/aromatic N) is 2. The van der Waals surface area contributed by atoms with E-state index in [0.717, 1.165) is 0 Å². The summed E-state index contributed by atoms with van der Waals surface area (Å²) < 4.78 is 15.8. The molecule has 0 amide bonds. The molecule has 1 heterocycles. The van der Waals surface area contributed by atoms with Crippen molar-refractivity contribution in [3.05, 3.63) is 52.8 Å². The number of rotatable bonds is 6. The second kappa shape index (κ2) is 7.56. The van der Waals surface area contributed by atoms with Gasteiger partial charge < -0.3 is 14.2 Å². The molecule has 8 heteroatoms. The van der Waals surface area contributed by atoms with Crippen LogP contribution in [0, 0.1) is 0 Å². The van der Waals surface area contributed by atoms with Gasteiger partial charge in [0.25, 0.3) is 5.56 Å². The van der Waals surface area contributed by atoms with Gasteiger partial charge in [0, 0.05) is 11.6 Å². The van der Waals surface area contributed by atoms with E-state index < -0.39 is 0 Å². The van der Waals surface area contributed by atoms with Gasteiger partial charge in [0.1, 0.15) is 5.75 Å². The monoisotopic (exact) mass is 354 g/mol. The van der Waals surface area contributed by atoms with Crippen LogP contribution in [-0.4, -0.2) is 31.5 Å². The molecule has 2 N–H and O–H groups in total. The Morgan fingerprint density at radius 3 is 2.27 bits per heavy atom. The number of ether oxygens (including phenoxy) is 3. The molecule has 0 fully saturated rings. The average Bonchev–Trinajstić information content (AvgIpc) is 3.06. The molecule has 0 atom stereocenters. The first-order valence-corrected chi connectivity index (χ1v) is 7.75. The van der Waals surface area contributed by atoms with Crippen molar-refractivity contribution in [2.24, 2.45) is 10.2 Å². The number of azo groups is 1. The molecular formula is C18H18N4O4. The Morgan fingerprint density at radius 1 is 0.808 bits per heavy atom. The number of methoxy groups -OCH3 is 3. The molecule has 134 valence electrons. The van der Waals surface area contributed by atoms with Crippen LogP contribution in [0.5, 0.6) is 17.2 Å². The van der Waals surface area contributed by atoms with E-state index in [1.807, 2.05) is 18.2 Å². The summed E-state index contributed by atoms with van der Waals surface area (Å²) in [5, 5.41) is 13.6. The molecule has 2 aromatic carbocycles. The van der Waals surface area contributed by atoms with Crippen molar-refractivity contribution in [1.82, 2.24) is 10.2 Å². The van der Waals surface area contributed by atoms with Crippen LogP contribution in [0.25, 0.3) is 11.3 Å². The molecule has 0 aliphatic carbocycles. The Kier molecular flexibility index (Phi) is 5.02. The average molecular weight is 354 g/mol. The minimum atomic E-state index is -0.380. The second-order valence-electron chi connectivity index (χ2n) is 5.24. The van der Waals surface area contributed by atoms with E-state index in [0.29, 0.717) is 34.2 Å². The summed E-state index contributed by atoms with van der Waals surface area (Å²) in [6.45, 7) is 0. The molecule has 0 radical (unpaired) electrons. The van der Waals surface area contributed by atoms with Crippen LogP contribution in [0.15, 0.2) is 57.5 Å². The zero-order chi connectivity index (χ0) is 18.5. The first-order chi connectivity index (χ1) is 12.7. The van der Waals surface area contributed by atoms with Crippen molar-refractivity contribution in [1.29, 1.82) is 0 Å². The highest BCUT2D eigenvalue weighted by molar-refractivity contribution is 5.76. The number of nitrogens with one attached hydrogen (secondary N) is 2. The fourth-order valence-electron chi connectivity index (χ4n) is 2.49. The Morgan fingerprint density at radius 2 is 1.54 bits per heavy atom. The summed E-state index contributed by atoms with van der Waals surface area (Å²) >= 11 is 0. The number of H-pyrrole nitrogens is 2. The van der Waals surface area contributed by atoms with E-state index in [2.05, 4.69) is 20.4 Å². The van der Waals surface area contributed by atoms with E-state index >= 15 is 0 Å². The van der Waals surface area contributed by atoms with Crippen LogP contribution in [0.4, 0.5) is 11.4 Å². The summed E-state index contributed by atoms with van der Waals surface area (Å²) in [4.78, 5) is 12.1. The standard InChI is InChI=1S/C18H18N4O4/c1-24-13-7-5-4-6-12(13)16-17(18(23)22-20-16)21-19-11-8-9-14(25-2)15(10-11)26-3/h4-10H,1-3H3,(H2,20,22,23). The van der Waals surface area contributed by atoms with E-state index in [4.69, 9.17) is 14.2 Å². The van der Waals surface area contributed by atoms with Crippen LogP contribution < -0.4 is 19.8 Å².